The summed E-state index contributed by atoms with van der Waals surface area (Å²) in [6.45, 7) is 2.25. The number of aryl methyl sites for hydroxylation is 1. The van der Waals surface area contributed by atoms with Crippen LogP contribution in [0.3, 0.4) is 0 Å². The van der Waals surface area contributed by atoms with Gasteiger partial charge in [-0.3, -0.25) is 4.79 Å². The van der Waals surface area contributed by atoms with E-state index in [9.17, 15) is 4.79 Å². The van der Waals surface area contributed by atoms with Crippen LogP contribution in [0.25, 0.3) is 0 Å². The Morgan fingerprint density at radius 3 is 2.70 bits per heavy atom. The Morgan fingerprint density at radius 1 is 1.30 bits per heavy atom. The summed E-state index contributed by atoms with van der Waals surface area (Å²) in [5.41, 5.74) is 14.0. The second-order valence-corrected chi connectivity index (χ2v) is 5.41. The van der Waals surface area contributed by atoms with Crippen molar-refractivity contribution < 1.29 is 9.53 Å². The number of benzene rings is 2. The molecule has 0 radical (unpaired) electrons. The summed E-state index contributed by atoms with van der Waals surface area (Å²) in [6, 6.07) is 10.8. The molecular formula is C15H15BrN2O2. The summed E-state index contributed by atoms with van der Waals surface area (Å²) in [4.78, 5) is 11.1. The number of rotatable bonds is 4. The first-order valence-corrected chi connectivity index (χ1v) is 6.84. The number of halogens is 1. The van der Waals surface area contributed by atoms with Crippen LogP contribution in [0.4, 0.5) is 5.69 Å². The van der Waals surface area contributed by atoms with Gasteiger partial charge in [0.25, 0.3) is 0 Å². The first kappa shape index (κ1) is 14.4. The fourth-order valence-corrected chi connectivity index (χ4v) is 2.51. The zero-order chi connectivity index (χ0) is 14.7. The maximum absolute atomic E-state index is 11.1. The maximum Gasteiger partial charge on any atom is 0.248 e. The van der Waals surface area contributed by atoms with Crippen LogP contribution in [0, 0.1) is 6.92 Å². The van der Waals surface area contributed by atoms with E-state index < -0.39 is 5.91 Å². The number of ether oxygens (including phenoxy) is 1. The van der Waals surface area contributed by atoms with Crippen molar-refractivity contribution in [1.29, 1.82) is 0 Å². The molecule has 0 atom stereocenters. The Labute approximate surface area is 125 Å². The SMILES string of the molecule is Cc1cc(Br)cc(N)c1OCc1cccc(C(N)=O)c1. The first-order chi connectivity index (χ1) is 9.47. The largest absolute Gasteiger partial charge is 0.486 e. The van der Waals surface area contributed by atoms with Gasteiger partial charge in [-0.1, -0.05) is 28.1 Å². The lowest BCUT2D eigenvalue weighted by Crippen LogP contribution is -2.11. The summed E-state index contributed by atoms with van der Waals surface area (Å²) in [7, 11) is 0. The minimum absolute atomic E-state index is 0.327. The number of amides is 1. The molecule has 20 heavy (non-hydrogen) atoms. The smallest absolute Gasteiger partial charge is 0.248 e. The summed E-state index contributed by atoms with van der Waals surface area (Å²) in [5, 5.41) is 0. The summed E-state index contributed by atoms with van der Waals surface area (Å²) < 4.78 is 6.66. The molecular weight excluding hydrogens is 320 g/mol. The van der Waals surface area contributed by atoms with E-state index >= 15 is 0 Å². The van der Waals surface area contributed by atoms with Gasteiger partial charge in [-0.05, 0) is 42.3 Å². The lowest BCUT2D eigenvalue weighted by molar-refractivity contribution is 0.1000. The van der Waals surface area contributed by atoms with E-state index in [0.717, 1.165) is 15.6 Å². The van der Waals surface area contributed by atoms with Crippen molar-refractivity contribution in [3.63, 3.8) is 0 Å². The van der Waals surface area contributed by atoms with Crippen molar-refractivity contribution in [3.8, 4) is 5.75 Å². The number of hydrogen-bond acceptors (Lipinski definition) is 3. The number of nitrogen functional groups attached to an aromatic ring is 1. The second kappa shape index (κ2) is 5.96. The quantitative estimate of drug-likeness (QED) is 0.843. The fourth-order valence-electron chi connectivity index (χ4n) is 1.92. The van der Waals surface area contributed by atoms with E-state index in [1.807, 2.05) is 19.1 Å². The molecule has 2 aromatic carbocycles. The van der Waals surface area contributed by atoms with Gasteiger partial charge in [-0.25, -0.2) is 0 Å². The van der Waals surface area contributed by atoms with Crippen molar-refractivity contribution in [1.82, 2.24) is 0 Å². The first-order valence-electron chi connectivity index (χ1n) is 6.04. The minimum atomic E-state index is -0.453. The monoisotopic (exact) mass is 334 g/mol. The van der Waals surface area contributed by atoms with E-state index in [1.54, 1.807) is 24.3 Å². The molecule has 0 aliphatic rings. The highest BCUT2D eigenvalue weighted by Gasteiger charge is 2.07. The van der Waals surface area contributed by atoms with Crippen LogP contribution in [0.15, 0.2) is 40.9 Å². The average molecular weight is 335 g/mol. The predicted molar refractivity (Wildman–Crippen MR) is 82.6 cm³/mol. The minimum Gasteiger partial charge on any atom is -0.486 e. The molecule has 0 aliphatic carbocycles. The van der Waals surface area contributed by atoms with E-state index in [0.29, 0.717) is 23.6 Å². The van der Waals surface area contributed by atoms with Gasteiger partial charge in [0.2, 0.25) is 5.91 Å². The molecule has 1 amide bonds. The van der Waals surface area contributed by atoms with Crippen LogP contribution in [0.5, 0.6) is 5.75 Å². The number of carbonyl (C=O) groups is 1. The van der Waals surface area contributed by atoms with Crippen LogP contribution in [-0.4, -0.2) is 5.91 Å². The number of anilines is 1. The molecule has 0 spiro atoms. The van der Waals surface area contributed by atoms with Crippen molar-refractivity contribution >= 4 is 27.5 Å². The molecule has 0 aromatic heterocycles. The predicted octanol–water partition coefficient (Wildman–Crippen LogP) is 3.02. The third-order valence-corrected chi connectivity index (χ3v) is 3.32. The summed E-state index contributed by atoms with van der Waals surface area (Å²) in [5.74, 6) is 0.198. The van der Waals surface area contributed by atoms with Crippen molar-refractivity contribution in [3.05, 3.63) is 57.6 Å². The topological polar surface area (TPSA) is 78.3 Å². The van der Waals surface area contributed by atoms with E-state index in [-0.39, 0.29) is 0 Å². The van der Waals surface area contributed by atoms with Crippen LogP contribution in [0.2, 0.25) is 0 Å². The molecule has 0 heterocycles. The highest BCUT2D eigenvalue weighted by atomic mass is 79.9. The third-order valence-electron chi connectivity index (χ3n) is 2.86. The highest BCUT2D eigenvalue weighted by Crippen LogP contribution is 2.30. The fraction of sp³-hybridized carbons (Fsp3) is 0.133. The second-order valence-electron chi connectivity index (χ2n) is 4.49. The normalized spacial score (nSPS) is 10.3. The third kappa shape index (κ3) is 3.30. The summed E-state index contributed by atoms with van der Waals surface area (Å²) in [6.07, 6.45) is 0. The van der Waals surface area contributed by atoms with Gasteiger partial charge in [0.1, 0.15) is 12.4 Å². The Bertz CT molecular complexity index is 633. The molecule has 104 valence electrons. The molecule has 0 saturated carbocycles. The number of carbonyl (C=O) groups excluding carboxylic acids is 1. The lowest BCUT2D eigenvalue weighted by Gasteiger charge is -2.12. The van der Waals surface area contributed by atoms with Crippen LogP contribution in [-0.2, 0) is 6.61 Å². The van der Waals surface area contributed by atoms with Crippen LogP contribution >= 0.6 is 15.9 Å². The van der Waals surface area contributed by atoms with Crippen molar-refractivity contribution in [2.45, 2.75) is 13.5 Å². The van der Waals surface area contributed by atoms with Gasteiger partial charge in [0, 0.05) is 10.0 Å². The van der Waals surface area contributed by atoms with Gasteiger partial charge in [0.15, 0.2) is 0 Å². The zero-order valence-corrected chi connectivity index (χ0v) is 12.6. The Balaban J connectivity index is 2.17. The van der Waals surface area contributed by atoms with Gasteiger partial charge >= 0.3 is 0 Å². The lowest BCUT2D eigenvalue weighted by atomic mass is 10.1. The molecule has 0 saturated heterocycles. The van der Waals surface area contributed by atoms with Crippen LogP contribution in [0.1, 0.15) is 21.5 Å². The van der Waals surface area contributed by atoms with Gasteiger partial charge in [0.05, 0.1) is 5.69 Å². The van der Waals surface area contributed by atoms with Crippen LogP contribution < -0.4 is 16.2 Å². The number of primary amides is 1. The standard InChI is InChI=1S/C15H15BrN2O2/c1-9-5-12(16)7-13(17)14(9)20-8-10-3-2-4-11(6-10)15(18)19/h2-7H,8,17H2,1H3,(H2,18,19). The van der Waals surface area contributed by atoms with E-state index in [4.69, 9.17) is 16.2 Å². The molecule has 0 unspecified atom stereocenters. The maximum atomic E-state index is 11.1. The molecule has 0 fully saturated rings. The summed E-state index contributed by atoms with van der Waals surface area (Å²) >= 11 is 3.38. The van der Waals surface area contributed by atoms with Gasteiger partial charge in [-0.2, -0.15) is 0 Å². The average Bonchev–Trinajstić information content (AvgIpc) is 2.37. The van der Waals surface area contributed by atoms with Crippen molar-refractivity contribution in [2.75, 3.05) is 5.73 Å². The van der Waals surface area contributed by atoms with Gasteiger partial charge < -0.3 is 16.2 Å². The molecule has 5 heteroatoms. The molecule has 2 rings (SSSR count). The van der Waals surface area contributed by atoms with E-state index in [2.05, 4.69) is 15.9 Å². The highest BCUT2D eigenvalue weighted by molar-refractivity contribution is 9.10. The Kier molecular flexibility index (Phi) is 4.29. The molecule has 0 aliphatic heterocycles. The zero-order valence-electron chi connectivity index (χ0n) is 11.0. The molecule has 0 bridgehead atoms. The van der Waals surface area contributed by atoms with Gasteiger partial charge in [-0.15, -0.1) is 0 Å². The number of nitrogens with two attached hydrogens (primary N) is 2. The Hall–Kier alpha value is -2.01. The number of hydrogen-bond donors (Lipinski definition) is 2. The molecule has 4 nitrogen and oxygen atoms in total. The molecule has 2 aromatic rings. The molecule has 4 N–H and O–H groups in total. The van der Waals surface area contributed by atoms with E-state index in [1.165, 1.54) is 0 Å². The Morgan fingerprint density at radius 2 is 2.05 bits per heavy atom. The van der Waals surface area contributed by atoms with Crippen molar-refractivity contribution in [2.24, 2.45) is 5.73 Å².